The standard InChI is InChI=1S/C19H16BrF2N3O3/c20-11-1-3-13-14(7-11)19(5-6-19)10-25(17(13)27)9-15(26)24-12-2-4-16(23-8-12)28-18(21)22/h1-4,7-8,18H,5-6,9-10H2,(H,24,26). The van der Waals surface area contributed by atoms with Crippen LogP contribution in [0.1, 0.15) is 28.8 Å². The van der Waals surface area contributed by atoms with Crippen LogP contribution in [0.25, 0.3) is 0 Å². The number of benzene rings is 1. The zero-order valence-corrected chi connectivity index (χ0v) is 16.2. The highest BCUT2D eigenvalue weighted by Crippen LogP contribution is 2.52. The van der Waals surface area contributed by atoms with Crippen LogP contribution in [0, 0.1) is 0 Å². The molecule has 1 aliphatic carbocycles. The summed E-state index contributed by atoms with van der Waals surface area (Å²) < 4.78 is 29.4. The Bertz CT molecular complexity index is 933. The summed E-state index contributed by atoms with van der Waals surface area (Å²) in [7, 11) is 0. The van der Waals surface area contributed by atoms with Gasteiger partial charge in [-0.15, -0.1) is 0 Å². The van der Waals surface area contributed by atoms with Gasteiger partial charge in [0.2, 0.25) is 11.8 Å². The van der Waals surface area contributed by atoms with Crippen LogP contribution >= 0.6 is 15.9 Å². The Morgan fingerprint density at radius 2 is 2.11 bits per heavy atom. The number of aromatic nitrogens is 1. The van der Waals surface area contributed by atoms with E-state index in [1.165, 1.54) is 18.3 Å². The van der Waals surface area contributed by atoms with Gasteiger partial charge in [0.15, 0.2) is 0 Å². The maximum Gasteiger partial charge on any atom is 0.388 e. The number of ether oxygens (including phenoxy) is 1. The lowest BCUT2D eigenvalue weighted by Crippen LogP contribution is -2.46. The van der Waals surface area contributed by atoms with Gasteiger partial charge in [0, 0.05) is 28.1 Å². The molecule has 0 radical (unpaired) electrons. The Labute approximate surface area is 168 Å². The summed E-state index contributed by atoms with van der Waals surface area (Å²) in [5.74, 6) is -0.791. The van der Waals surface area contributed by atoms with E-state index in [0.717, 1.165) is 22.9 Å². The highest BCUT2D eigenvalue weighted by atomic mass is 79.9. The number of hydrogen-bond acceptors (Lipinski definition) is 4. The number of nitrogens with one attached hydrogen (secondary N) is 1. The summed E-state index contributed by atoms with van der Waals surface area (Å²) in [6, 6.07) is 8.26. The molecule has 0 bridgehead atoms. The number of amides is 2. The zero-order valence-electron chi connectivity index (χ0n) is 14.6. The lowest BCUT2D eigenvalue weighted by atomic mass is 9.86. The van der Waals surface area contributed by atoms with E-state index in [4.69, 9.17) is 0 Å². The van der Waals surface area contributed by atoms with E-state index in [2.05, 4.69) is 31.0 Å². The zero-order chi connectivity index (χ0) is 19.9. The molecule has 0 unspecified atom stereocenters. The molecule has 1 aromatic carbocycles. The van der Waals surface area contributed by atoms with Gasteiger partial charge < -0.3 is 15.0 Å². The van der Waals surface area contributed by atoms with Crippen molar-refractivity contribution in [3.05, 3.63) is 52.1 Å². The molecule has 2 aliphatic rings. The molecule has 2 heterocycles. The summed E-state index contributed by atoms with van der Waals surface area (Å²) >= 11 is 3.45. The third-order valence-corrected chi connectivity index (χ3v) is 5.48. The van der Waals surface area contributed by atoms with Gasteiger partial charge in [-0.2, -0.15) is 8.78 Å². The lowest BCUT2D eigenvalue weighted by molar-refractivity contribution is -0.117. The fourth-order valence-corrected chi connectivity index (χ4v) is 3.89. The van der Waals surface area contributed by atoms with Gasteiger partial charge in [-0.3, -0.25) is 9.59 Å². The fourth-order valence-electron chi connectivity index (χ4n) is 3.53. The average Bonchev–Trinajstić information content (AvgIpc) is 3.41. The second-order valence-corrected chi connectivity index (χ2v) is 7.86. The van der Waals surface area contributed by atoms with Crippen molar-refractivity contribution in [3.8, 4) is 5.88 Å². The SMILES string of the molecule is O=C(CN1CC2(CC2)c2cc(Br)ccc2C1=O)Nc1ccc(OC(F)F)nc1. The number of carbonyl (C=O) groups is 2. The number of anilines is 1. The van der Waals surface area contributed by atoms with Crippen LogP contribution in [-0.2, 0) is 10.2 Å². The molecule has 1 spiro atoms. The number of carbonyl (C=O) groups excluding carboxylic acids is 2. The summed E-state index contributed by atoms with van der Waals surface area (Å²) in [4.78, 5) is 30.5. The van der Waals surface area contributed by atoms with Crippen LogP contribution in [0.2, 0.25) is 0 Å². The molecular weight excluding hydrogens is 436 g/mol. The van der Waals surface area contributed by atoms with Crippen molar-refractivity contribution in [2.75, 3.05) is 18.4 Å². The van der Waals surface area contributed by atoms with E-state index in [0.29, 0.717) is 17.8 Å². The average molecular weight is 452 g/mol. The topological polar surface area (TPSA) is 71.5 Å². The van der Waals surface area contributed by atoms with Crippen molar-refractivity contribution in [1.82, 2.24) is 9.88 Å². The summed E-state index contributed by atoms with van der Waals surface area (Å²) in [5, 5.41) is 2.63. The van der Waals surface area contributed by atoms with Crippen LogP contribution in [0.5, 0.6) is 5.88 Å². The first-order valence-electron chi connectivity index (χ1n) is 8.66. The minimum Gasteiger partial charge on any atom is -0.417 e. The molecule has 2 aromatic rings. The maximum atomic E-state index is 12.8. The molecule has 1 N–H and O–H groups in total. The van der Waals surface area contributed by atoms with Crippen molar-refractivity contribution in [2.45, 2.75) is 24.9 Å². The Kier molecular flexibility index (Phi) is 4.78. The van der Waals surface area contributed by atoms with Gasteiger partial charge >= 0.3 is 6.61 Å². The third kappa shape index (κ3) is 3.71. The van der Waals surface area contributed by atoms with Crippen LogP contribution < -0.4 is 10.1 Å². The second-order valence-electron chi connectivity index (χ2n) is 6.94. The number of nitrogens with zero attached hydrogens (tertiary/aromatic N) is 2. The predicted molar refractivity (Wildman–Crippen MR) is 100 cm³/mol. The van der Waals surface area contributed by atoms with E-state index < -0.39 is 6.61 Å². The predicted octanol–water partition coefficient (Wildman–Crippen LogP) is 3.57. The molecule has 6 nitrogen and oxygen atoms in total. The van der Waals surface area contributed by atoms with E-state index >= 15 is 0 Å². The molecular formula is C19H16BrF2N3O3. The third-order valence-electron chi connectivity index (χ3n) is 4.98. The van der Waals surface area contributed by atoms with Gasteiger partial charge in [0.25, 0.3) is 5.91 Å². The van der Waals surface area contributed by atoms with E-state index in [9.17, 15) is 18.4 Å². The molecule has 9 heteroatoms. The minimum atomic E-state index is -2.96. The number of hydrogen-bond donors (Lipinski definition) is 1. The molecule has 1 aromatic heterocycles. The number of rotatable bonds is 5. The Morgan fingerprint density at radius 3 is 2.75 bits per heavy atom. The van der Waals surface area contributed by atoms with Crippen molar-refractivity contribution in [1.29, 1.82) is 0 Å². The van der Waals surface area contributed by atoms with Crippen LogP contribution in [0.4, 0.5) is 14.5 Å². The lowest BCUT2D eigenvalue weighted by Gasteiger charge is -2.34. The molecule has 146 valence electrons. The first-order valence-corrected chi connectivity index (χ1v) is 9.46. The molecule has 1 fully saturated rings. The Morgan fingerprint density at radius 1 is 1.32 bits per heavy atom. The van der Waals surface area contributed by atoms with Crippen molar-refractivity contribution < 1.29 is 23.1 Å². The number of halogens is 3. The highest BCUT2D eigenvalue weighted by molar-refractivity contribution is 9.10. The van der Waals surface area contributed by atoms with E-state index in [1.54, 1.807) is 11.0 Å². The normalized spacial score (nSPS) is 16.9. The van der Waals surface area contributed by atoms with Crippen molar-refractivity contribution in [2.24, 2.45) is 0 Å². The van der Waals surface area contributed by atoms with Gasteiger partial charge in [0.05, 0.1) is 11.9 Å². The second kappa shape index (κ2) is 7.12. The summed E-state index contributed by atoms with van der Waals surface area (Å²) in [6.45, 7) is -2.55. The number of fused-ring (bicyclic) bond motifs is 2. The van der Waals surface area contributed by atoms with Crippen LogP contribution in [-0.4, -0.2) is 41.4 Å². The quantitative estimate of drug-likeness (QED) is 0.753. The molecule has 28 heavy (non-hydrogen) atoms. The number of alkyl halides is 2. The Hall–Kier alpha value is -2.55. The molecule has 1 saturated carbocycles. The highest BCUT2D eigenvalue weighted by Gasteiger charge is 2.51. The number of pyridine rings is 1. The summed E-state index contributed by atoms with van der Waals surface area (Å²) in [5.41, 5.74) is 1.95. The first-order chi connectivity index (χ1) is 13.4. The van der Waals surface area contributed by atoms with Crippen molar-refractivity contribution in [3.63, 3.8) is 0 Å². The maximum absolute atomic E-state index is 12.8. The molecule has 4 rings (SSSR count). The van der Waals surface area contributed by atoms with E-state index in [-0.39, 0.29) is 29.7 Å². The van der Waals surface area contributed by atoms with Gasteiger partial charge in [0.1, 0.15) is 6.54 Å². The monoisotopic (exact) mass is 451 g/mol. The largest absolute Gasteiger partial charge is 0.417 e. The summed E-state index contributed by atoms with van der Waals surface area (Å²) in [6.07, 6.45) is 3.19. The minimum absolute atomic E-state index is 0.0664. The molecule has 0 atom stereocenters. The van der Waals surface area contributed by atoms with Crippen molar-refractivity contribution >= 4 is 33.4 Å². The van der Waals surface area contributed by atoms with Gasteiger partial charge in [-0.05, 0) is 42.7 Å². The molecule has 0 saturated heterocycles. The first kappa shape index (κ1) is 18.8. The fraction of sp³-hybridized carbons (Fsp3) is 0.316. The van der Waals surface area contributed by atoms with Gasteiger partial charge in [-0.1, -0.05) is 15.9 Å². The molecule has 2 amide bonds. The van der Waals surface area contributed by atoms with E-state index in [1.807, 2.05) is 12.1 Å². The molecule has 1 aliphatic heterocycles. The van der Waals surface area contributed by atoms with Crippen LogP contribution in [0.3, 0.4) is 0 Å². The van der Waals surface area contributed by atoms with Gasteiger partial charge in [-0.25, -0.2) is 4.98 Å². The Balaban J connectivity index is 1.44. The smallest absolute Gasteiger partial charge is 0.388 e. The van der Waals surface area contributed by atoms with Crippen LogP contribution in [0.15, 0.2) is 41.0 Å².